The Morgan fingerprint density at radius 1 is 0.842 bits per heavy atom. The molecule has 0 heterocycles. The van der Waals surface area contributed by atoms with Crippen molar-refractivity contribution in [2.75, 3.05) is 6.54 Å². The average Bonchev–Trinajstić information content (AvgIpc) is 2.35. The summed E-state index contributed by atoms with van der Waals surface area (Å²) in [5.74, 6) is 0.763. The van der Waals surface area contributed by atoms with E-state index >= 15 is 0 Å². The van der Waals surface area contributed by atoms with Gasteiger partial charge in [-0.1, -0.05) is 86.5 Å². The molecule has 0 aromatic heterocycles. The van der Waals surface area contributed by atoms with Crippen LogP contribution in [0.25, 0.3) is 0 Å². The second-order valence-electron chi connectivity index (χ2n) is 7.22. The van der Waals surface area contributed by atoms with E-state index in [0.717, 1.165) is 12.5 Å². The molecule has 0 bridgehead atoms. The van der Waals surface area contributed by atoms with Gasteiger partial charge in [-0.15, -0.1) is 0 Å². The fourth-order valence-electron chi connectivity index (χ4n) is 2.50. The average molecular weight is 270 g/mol. The Kier molecular flexibility index (Phi) is 10.7. The van der Waals surface area contributed by atoms with E-state index in [1.54, 1.807) is 0 Å². The maximum absolute atomic E-state index is 3.64. The molecular formula is C18H39N. The van der Waals surface area contributed by atoms with Gasteiger partial charge in [0.1, 0.15) is 0 Å². The van der Waals surface area contributed by atoms with E-state index in [4.69, 9.17) is 0 Å². The van der Waals surface area contributed by atoms with Crippen LogP contribution in [-0.4, -0.2) is 12.6 Å². The molecule has 0 aliphatic rings. The van der Waals surface area contributed by atoms with Crippen molar-refractivity contribution in [1.82, 2.24) is 5.32 Å². The van der Waals surface area contributed by atoms with E-state index in [9.17, 15) is 0 Å². The summed E-state index contributed by atoms with van der Waals surface area (Å²) in [4.78, 5) is 0. The van der Waals surface area contributed by atoms with Crippen LogP contribution in [0.15, 0.2) is 0 Å². The van der Waals surface area contributed by atoms with Crippen LogP contribution in [0.2, 0.25) is 0 Å². The van der Waals surface area contributed by atoms with Gasteiger partial charge in [0.25, 0.3) is 0 Å². The highest BCUT2D eigenvalue weighted by Crippen LogP contribution is 2.32. The van der Waals surface area contributed by atoms with Crippen molar-refractivity contribution in [3.8, 4) is 0 Å². The number of hydrogen-bond donors (Lipinski definition) is 1. The maximum Gasteiger partial charge on any atom is 0.00106 e. The lowest BCUT2D eigenvalue weighted by atomic mass is 9.75. The Morgan fingerprint density at radius 2 is 1.37 bits per heavy atom. The molecule has 1 heteroatoms. The molecular weight excluding hydrogens is 230 g/mol. The first kappa shape index (κ1) is 19.0. The Morgan fingerprint density at radius 3 is 1.84 bits per heavy atom. The summed E-state index contributed by atoms with van der Waals surface area (Å²) in [6.45, 7) is 15.2. The van der Waals surface area contributed by atoms with E-state index in [1.165, 1.54) is 51.4 Å². The molecule has 19 heavy (non-hydrogen) atoms. The molecule has 1 unspecified atom stereocenters. The van der Waals surface area contributed by atoms with Crippen LogP contribution in [0.5, 0.6) is 0 Å². The predicted octanol–water partition coefficient (Wildman–Crippen LogP) is 5.79. The SMILES string of the molecule is CCCCCCCCCC(C)(CNC(C)C)C(C)C. The summed E-state index contributed by atoms with van der Waals surface area (Å²) in [5, 5.41) is 3.64. The summed E-state index contributed by atoms with van der Waals surface area (Å²) in [6.07, 6.45) is 11.3. The molecule has 0 rings (SSSR count). The molecule has 0 aliphatic carbocycles. The summed E-state index contributed by atoms with van der Waals surface area (Å²) in [7, 11) is 0. The zero-order valence-corrected chi connectivity index (χ0v) is 14.5. The zero-order valence-electron chi connectivity index (χ0n) is 14.5. The molecule has 116 valence electrons. The van der Waals surface area contributed by atoms with Crippen LogP contribution < -0.4 is 5.32 Å². The van der Waals surface area contributed by atoms with Gasteiger partial charge in [-0.2, -0.15) is 0 Å². The lowest BCUT2D eigenvalue weighted by Gasteiger charge is -2.35. The minimum Gasteiger partial charge on any atom is -0.314 e. The van der Waals surface area contributed by atoms with Crippen molar-refractivity contribution in [2.45, 2.75) is 99.0 Å². The van der Waals surface area contributed by atoms with Crippen molar-refractivity contribution in [3.05, 3.63) is 0 Å². The predicted molar refractivity (Wildman–Crippen MR) is 88.7 cm³/mol. The molecule has 0 fully saturated rings. The van der Waals surface area contributed by atoms with Crippen LogP contribution in [-0.2, 0) is 0 Å². The molecule has 1 nitrogen and oxygen atoms in total. The van der Waals surface area contributed by atoms with E-state index in [-0.39, 0.29) is 0 Å². The van der Waals surface area contributed by atoms with Gasteiger partial charge in [0.2, 0.25) is 0 Å². The van der Waals surface area contributed by atoms with Crippen LogP contribution in [0.3, 0.4) is 0 Å². The third-order valence-corrected chi connectivity index (χ3v) is 4.66. The maximum atomic E-state index is 3.64. The van der Waals surface area contributed by atoms with E-state index in [0.29, 0.717) is 11.5 Å². The van der Waals surface area contributed by atoms with Crippen molar-refractivity contribution in [3.63, 3.8) is 0 Å². The summed E-state index contributed by atoms with van der Waals surface area (Å²) < 4.78 is 0. The molecule has 0 spiro atoms. The van der Waals surface area contributed by atoms with E-state index in [2.05, 4.69) is 46.9 Å². The van der Waals surface area contributed by atoms with Gasteiger partial charge >= 0.3 is 0 Å². The van der Waals surface area contributed by atoms with Crippen LogP contribution in [0.1, 0.15) is 92.9 Å². The topological polar surface area (TPSA) is 12.0 Å². The highest BCUT2D eigenvalue weighted by Gasteiger charge is 2.27. The molecule has 0 amide bonds. The molecule has 0 saturated carbocycles. The fraction of sp³-hybridized carbons (Fsp3) is 1.00. The summed E-state index contributed by atoms with van der Waals surface area (Å²) in [6, 6.07) is 0.604. The number of nitrogens with one attached hydrogen (secondary N) is 1. The lowest BCUT2D eigenvalue weighted by Crippen LogP contribution is -2.39. The molecule has 0 radical (unpaired) electrons. The Hall–Kier alpha value is -0.0400. The van der Waals surface area contributed by atoms with Gasteiger partial charge in [-0.3, -0.25) is 0 Å². The largest absolute Gasteiger partial charge is 0.314 e. The minimum atomic E-state index is 0.466. The standard InChI is InChI=1S/C18H39N/c1-7-8-9-10-11-12-13-14-18(6,16(2)3)15-19-17(4)5/h16-17,19H,7-15H2,1-6H3. The number of rotatable bonds is 12. The summed E-state index contributed by atoms with van der Waals surface area (Å²) >= 11 is 0. The lowest BCUT2D eigenvalue weighted by molar-refractivity contribution is 0.180. The number of unbranched alkanes of at least 4 members (excludes halogenated alkanes) is 6. The fourth-order valence-corrected chi connectivity index (χ4v) is 2.50. The first-order valence-corrected chi connectivity index (χ1v) is 8.65. The van der Waals surface area contributed by atoms with E-state index in [1.807, 2.05) is 0 Å². The first-order chi connectivity index (χ1) is 8.92. The highest BCUT2D eigenvalue weighted by atomic mass is 14.9. The van der Waals surface area contributed by atoms with Crippen molar-refractivity contribution >= 4 is 0 Å². The van der Waals surface area contributed by atoms with Gasteiger partial charge in [0.15, 0.2) is 0 Å². The van der Waals surface area contributed by atoms with Crippen molar-refractivity contribution in [2.24, 2.45) is 11.3 Å². The first-order valence-electron chi connectivity index (χ1n) is 8.65. The van der Waals surface area contributed by atoms with Gasteiger partial charge in [-0.25, -0.2) is 0 Å². The second kappa shape index (κ2) is 10.7. The third kappa shape index (κ3) is 9.49. The molecule has 0 aliphatic heterocycles. The number of hydrogen-bond acceptors (Lipinski definition) is 1. The second-order valence-corrected chi connectivity index (χ2v) is 7.22. The smallest absolute Gasteiger partial charge is 0.00106 e. The van der Waals surface area contributed by atoms with E-state index < -0.39 is 0 Å². The zero-order chi connectivity index (χ0) is 14.7. The Balaban J connectivity index is 3.81. The van der Waals surface area contributed by atoms with Gasteiger partial charge in [-0.05, 0) is 17.8 Å². The Bertz CT molecular complexity index is 198. The van der Waals surface area contributed by atoms with Gasteiger partial charge in [0.05, 0.1) is 0 Å². The molecule has 0 aromatic rings. The normalized spacial score (nSPS) is 15.2. The summed E-state index contributed by atoms with van der Waals surface area (Å²) in [5.41, 5.74) is 0.466. The molecule has 0 aromatic carbocycles. The van der Waals surface area contributed by atoms with Crippen LogP contribution >= 0.6 is 0 Å². The van der Waals surface area contributed by atoms with Crippen LogP contribution in [0.4, 0.5) is 0 Å². The van der Waals surface area contributed by atoms with Crippen molar-refractivity contribution in [1.29, 1.82) is 0 Å². The van der Waals surface area contributed by atoms with Gasteiger partial charge in [0, 0.05) is 12.6 Å². The monoisotopic (exact) mass is 269 g/mol. The van der Waals surface area contributed by atoms with Crippen molar-refractivity contribution < 1.29 is 0 Å². The Labute approximate surface area is 122 Å². The van der Waals surface area contributed by atoms with Gasteiger partial charge < -0.3 is 5.32 Å². The minimum absolute atomic E-state index is 0.466. The third-order valence-electron chi connectivity index (χ3n) is 4.66. The molecule has 1 atom stereocenters. The van der Waals surface area contributed by atoms with Crippen LogP contribution in [0, 0.1) is 11.3 Å². The molecule has 1 N–H and O–H groups in total. The quantitative estimate of drug-likeness (QED) is 0.442. The highest BCUT2D eigenvalue weighted by molar-refractivity contribution is 4.80. The molecule has 0 saturated heterocycles.